The lowest BCUT2D eigenvalue weighted by atomic mass is 10.1. The van der Waals surface area contributed by atoms with Crippen molar-refractivity contribution in [2.24, 2.45) is 0 Å². The van der Waals surface area contributed by atoms with E-state index in [4.69, 9.17) is 14.2 Å². The molecule has 2 amide bonds. The molecule has 10 heteroatoms. The topological polar surface area (TPSA) is 104 Å². The van der Waals surface area contributed by atoms with Gasteiger partial charge in [-0.3, -0.25) is 20.4 Å². The van der Waals surface area contributed by atoms with Gasteiger partial charge in [0.25, 0.3) is 11.8 Å². The second-order valence-electron chi connectivity index (χ2n) is 7.31. The van der Waals surface area contributed by atoms with Gasteiger partial charge in [-0.1, -0.05) is 13.8 Å². The molecule has 9 nitrogen and oxygen atoms in total. The Hall–Kier alpha value is -4.08. The molecule has 0 bridgehead atoms. The van der Waals surface area contributed by atoms with Crippen LogP contribution in [0.5, 0.6) is 17.2 Å². The molecule has 33 heavy (non-hydrogen) atoms. The van der Waals surface area contributed by atoms with Crippen LogP contribution in [-0.2, 0) is 0 Å². The number of rotatable bonds is 7. The maximum atomic E-state index is 13.3. The third-order valence-electron chi connectivity index (χ3n) is 4.89. The number of carbonyl (C=O) groups excluding carboxylic acids is 2. The molecule has 0 unspecified atom stereocenters. The summed E-state index contributed by atoms with van der Waals surface area (Å²) in [7, 11) is 4.33. The minimum atomic E-state index is -0.584. The fourth-order valence-corrected chi connectivity index (χ4v) is 3.34. The van der Waals surface area contributed by atoms with E-state index in [2.05, 4.69) is 16.0 Å². The fraction of sp³-hybridized carbons (Fsp3) is 0.261. The largest absolute Gasteiger partial charge is 0.493 e. The molecule has 0 fully saturated rings. The van der Waals surface area contributed by atoms with Gasteiger partial charge in [-0.15, -0.1) is 0 Å². The summed E-state index contributed by atoms with van der Waals surface area (Å²) in [6.07, 6.45) is 1.40. The molecule has 3 rings (SSSR count). The first kappa shape index (κ1) is 23.6. The molecular weight excluding hydrogens is 431 g/mol. The number of hydrogen-bond donors (Lipinski definition) is 2. The molecule has 2 aromatic carbocycles. The molecule has 0 saturated heterocycles. The van der Waals surface area contributed by atoms with Crippen molar-refractivity contribution in [3.8, 4) is 22.9 Å². The molecule has 0 spiro atoms. The lowest BCUT2D eigenvalue weighted by Gasteiger charge is -2.15. The predicted octanol–water partition coefficient (Wildman–Crippen LogP) is 3.24. The van der Waals surface area contributed by atoms with Gasteiger partial charge in [0.2, 0.25) is 5.75 Å². The van der Waals surface area contributed by atoms with Crippen molar-refractivity contribution >= 4 is 11.8 Å². The Morgan fingerprint density at radius 3 is 2.03 bits per heavy atom. The van der Waals surface area contributed by atoms with Crippen LogP contribution in [0.15, 0.2) is 42.6 Å². The Kier molecular flexibility index (Phi) is 7.17. The molecule has 0 atom stereocenters. The lowest BCUT2D eigenvalue weighted by molar-refractivity contribution is 0.0845. The first-order valence-electron chi connectivity index (χ1n) is 10.0. The summed E-state index contributed by atoms with van der Waals surface area (Å²) in [6, 6.07) is 8.71. The van der Waals surface area contributed by atoms with Crippen LogP contribution in [0.4, 0.5) is 4.39 Å². The minimum absolute atomic E-state index is 0.0795. The molecule has 0 saturated carbocycles. The zero-order valence-corrected chi connectivity index (χ0v) is 18.9. The van der Waals surface area contributed by atoms with Gasteiger partial charge in [0, 0.05) is 5.56 Å². The summed E-state index contributed by atoms with van der Waals surface area (Å²) in [5, 5.41) is 4.28. The van der Waals surface area contributed by atoms with E-state index in [9.17, 15) is 14.0 Å². The third-order valence-corrected chi connectivity index (χ3v) is 4.89. The summed E-state index contributed by atoms with van der Waals surface area (Å²) >= 11 is 0. The molecule has 2 N–H and O–H groups in total. The Morgan fingerprint density at radius 2 is 1.52 bits per heavy atom. The highest BCUT2D eigenvalue weighted by atomic mass is 19.1. The highest BCUT2D eigenvalue weighted by Gasteiger charge is 2.22. The van der Waals surface area contributed by atoms with E-state index in [1.165, 1.54) is 51.8 Å². The van der Waals surface area contributed by atoms with Gasteiger partial charge in [0.05, 0.1) is 44.5 Å². The van der Waals surface area contributed by atoms with Crippen molar-refractivity contribution < 1.29 is 28.2 Å². The monoisotopic (exact) mass is 456 g/mol. The van der Waals surface area contributed by atoms with E-state index in [0.717, 1.165) is 0 Å². The maximum Gasteiger partial charge on any atom is 0.273 e. The molecule has 3 aromatic rings. The van der Waals surface area contributed by atoms with Crippen LogP contribution < -0.4 is 25.1 Å². The molecule has 1 heterocycles. The number of carbonyl (C=O) groups is 2. The van der Waals surface area contributed by atoms with Crippen LogP contribution in [0, 0.1) is 5.82 Å². The van der Waals surface area contributed by atoms with E-state index in [1.807, 2.05) is 13.8 Å². The Morgan fingerprint density at radius 1 is 0.939 bits per heavy atom. The van der Waals surface area contributed by atoms with Gasteiger partial charge in [-0.25, -0.2) is 9.07 Å². The Bertz CT molecular complexity index is 1130. The van der Waals surface area contributed by atoms with Crippen LogP contribution in [-0.4, -0.2) is 42.9 Å². The SMILES string of the molecule is COc1cc(C(=O)NNC(=O)c2cnn(-c3ccc(F)cc3)c2C(C)C)cc(OC)c1OC. The van der Waals surface area contributed by atoms with Gasteiger partial charge in [0.1, 0.15) is 5.82 Å². The second-order valence-corrected chi connectivity index (χ2v) is 7.31. The van der Waals surface area contributed by atoms with Gasteiger partial charge < -0.3 is 14.2 Å². The summed E-state index contributed by atoms with van der Waals surface area (Å²) in [4.78, 5) is 25.5. The smallest absolute Gasteiger partial charge is 0.273 e. The zero-order valence-electron chi connectivity index (χ0n) is 18.9. The van der Waals surface area contributed by atoms with E-state index in [0.29, 0.717) is 28.6 Å². The summed E-state index contributed by atoms with van der Waals surface area (Å²) in [6.45, 7) is 3.81. The number of nitrogens with zero attached hydrogens (tertiary/aromatic N) is 2. The minimum Gasteiger partial charge on any atom is -0.493 e. The lowest BCUT2D eigenvalue weighted by Crippen LogP contribution is -2.42. The fourth-order valence-electron chi connectivity index (χ4n) is 3.34. The second kappa shape index (κ2) is 10.0. The number of aromatic nitrogens is 2. The van der Waals surface area contributed by atoms with Crippen LogP contribution in [0.1, 0.15) is 46.2 Å². The van der Waals surface area contributed by atoms with Crippen molar-refractivity contribution in [2.45, 2.75) is 19.8 Å². The van der Waals surface area contributed by atoms with Crippen molar-refractivity contribution in [3.63, 3.8) is 0 Å². The van der Waals surface area contributed by atoms with Crippen molar-refractivity contribution in [1.29, 1.82) is 0 Å². The van der Waals surface area contributed by atoms with Crippen molar-refractivity contribution in [1.82, 2.24) is 20.6 Å². The van der Waals surface area contributed by atoms with Crippen LogP contribution in [0.2, 0.25) is 0 Å². The highest BCUT2D eigenvalue weighted by Crippen LogP contribution is 2.38. The maximum absolute atomic E-state index is 13.3. The van der Waals surface area contributed by atoms with E-state index < -0.39 is 11.8 Å². The Balaban J connectivity index is 1.81. The number of ether oxygens (including phenoxy) is 3. The number of hydrogen-bond acceptors (Lipinski definition) is 6. The predicted molar refractivity (Wildman–Crippen MR) is 119 cm³/mol. The average molecular weight is 456 g/mol. The van der Waals surface area contributed by atoms with Gasteiger partial charge >= 0.3 is 0 Å². The van der Waals surface area contributed by atoms with Gasteiger partial charge in [-0.2, -0.15) is 5.10 Å². The first-order chi connectivity index (χ1) is 15.8. The summed E-state index contributed by atoms with van der Waals surface area (Å²) in [5.74, 6) is -0.636. The first-order valence-corrected chi connectivity index (χ1v) is 10.0. The van der Waals surface area contributed by atoms with Crippen molar-refractivity contribution in [2.75, 3.05) is 21.3 Å². The molecule has 0 radical (unpaired) electrons. The third kappa shape index (κ3) is 4.89. The number of methoxy groups -OCH3 is 3. The van der Waals surface area contributed by atoms with Crippen molar-refractivity contribution in [3.05, 3.63) is 65.2 Å². The van der Waals surface area contributed by atoms with E-state index >= 15 is 0 Å². The van der Waals surface area contributed by atoms with E-state index in [-0.39, 0.29) is 22.9 Å². The average Bonchev–Trinajstić information content (AvgIpc) is 3.27. The molecule has 1 aromatic heterocycles. The van der Waals surface area contributed by atoms with Crippen LogP contribution in [0.25, 0.3) is 5.69 Å². The highest BCUT2D eigenvalue weighted by molar-refractivity contribution is 6.00. The number of benzene rings is 2. The number of amides is 2. The molecule has 0 aliphatic heterocycles. The standard InChI is InChI=1S/C23H25FN4O5/c1-13(2)20-17(12-25-28(20)16-8-6-15(24)7-9-16)23(30)27-26-22(29)14-10-18(31-3)21(33-5)19(11-14)32-4/h6-13H,1-5H3,(H,26,29)(H,27,30). The van der Waals surface area contributed by atoms with Gasteiger partial charge in [-0.05, 0) is 42.3 Å². The van der Waals surface area contributed by atoms with Crippen LogP contribution >= 0.6 is 0 Å². The number of halogens is 1. The number of nitrogens with one attached hydrogen (secondary N) is 2. The zero-order chi connectivity index (χ0) is 24.1. The van der Waals surface area contributed by atoms with Gasteiger partial charge in [0.15, 0.2) is 11.5 Å². The molecule has 0 aliphatic carbocycles. The van der Waals surface area contributed by atoms with E-state index in [1.54, 1.807) is 16.8 Å². The summed E-state index contributed by atoms with van der Waals surface area (Å²) < 4.78 is 30.6. The number of hydrazine groups is 1. The molecule has 0 aliphatic rings. The molecular formula is C23H25FN4O5. The normalized spacial score (nSPS) is 10.6. The Labute approximate surface area is 190 Å². The summed E-state index contributed by atoms with van der Waals surface area (Å²) in [5.41, 5.74) is 6.48. The quantitative estimate of drug-likeness (QED) is 0.529. The molecule has 174 valence electrons. The van der Waals surface area contributed by atoms with Crippen LogP contribution in [0.3, 0.4) is 0 Å².